The van der Waals surface area contributed by atoms with E-state index in [0.29, 0.717) is 52.5 Å². The average molecular weight is 266 g/mol. The Bertz CT molecular complexity index is 149. The summed E-state index contributed by atoms with van der Waals surface area (Å²) in [7, 11) is 3.10. The van der Waals surface area contributed by atoms with Crippen LogP contribution in [0.15, 0.2) is 0 Å². The van der Waals surface area contributed by atoms with Gasteiger partial charge in [0.15, 0.2) is 0 Å². The molecule has 0 spiro atoms. The van der Waals surface area contributed by atoms with E-state index >= 15 is 0 Å². The van der Waals surface area contributed by atoms with Gasteiger partial charge in [0, 0.05) is 27.4 Å². The Balaban J connectivity index is 3.11. The molecule has 0 aliphatic heterocycles. The van der Waals surface area contributed by atoms with E-state index in [1.807, 2.05) is 0 Å². The van der Waals surface area contributed by atoms with Crippen molar-refractivity contribution in [1.29, 1.82) is 0 Å². The monoisotopic (exact) mass is 266 g/mol. The highest BCUT2D eigenvalue weighted by atomic mass is 16.5. The normalized spacial score (nSPS) is 14.7. The maximum absolute atomic E-state index is 9.33. The van der Waals surface area contributed by atoms with E-state index < -0.39 is 12.2 Å². The summed E-state index contributed by atoms with van der Waals surface area (Å²) in [6.45, 7) is 2.61. The largest absolute Gasteiger partial charge is 0.391 e. The third-order valence-corrected chi connectivity index (χ3v) is 2.28. The minimum atomic E-state index is -0.472. The van der Waals surface area contributed by atoms with E-state index in [4.69, 9.17) is 18.9 Å². The fourth-order valence-electron chi connectivity index (χ4n) is 1.31. The van der Waals surface area contributed by atoms with E-state index in [-0.39, 0.29) is 0 Å². The molecule has 6 nitrogen and oxygen atoms in total. The second-order valence-corrected chi connectivity index (χ2v) is 4.02. The SMILES string of the molecule is COCC(O)CCOCCOCCC(O)COC. The molecule has 0 aromatic rings. The van der Waals surface area contributed by atoms with Crippen molar-refractivity contribution in [2.45, 2.75) is 25.0 Å². The van der Waals surface area contributed by atoms with Crippen LogP contribution in [-0.4, -0.2) is 76.3 Å². The molecule has 2 unspecified atom stereocenters. The quantitative estimate of drug-likeness (QED) is 0.450. The summed E-state index contributed by atoms with van der Waals surface area (Å²) in [5, 5.41) is 18.7. The van der Waals surface area contributed by atoms with Gasteiger partial charge in [0.1, 0.15) is 0 Å². The number of rotatable bonds is 13. The van der Waals surface area contributed by atoms with Crippen LogP contribution in [0.5, 0.6) is 0 Å². The third-order valence-electron chi connectivity index (χ3n) is 2.28. The predicted octanol–water partition coefficient (Wildman–Crippen LogP) is -0.186. The van der Waals surface area contributed by atoms with Gasteiger partial charge in [0.2, 0.25) is 0 Å². The van der Waals surface area contributed by atoms with Crippen LogP contribution in [0.3, 0.4) is 0 Å². The summed E-state index contributed by atoms with van der Waals surface area (Å²) in [5.74, 6) is 0. The van der Waals surface area contributed by atoms with Crippen LogP contribution in [0.25, 0.3) is 0 Å². The molecule has 2 N–H and O–H groups in total. The number of hydrogen-bond donors (Lipinski definition) is 2. The fraction of sp³-hybridized carbons (Fsp3) is 1.00. The molecule has 0 saturated carbocycles. The molecule has 0 aliphatic rings. The van der Waals surface area contributed by atoms with Gasteiger partial charge in [0.25, 0.3) is 0 Å². The second-order valence-electron chi connectivity index (χ2n) is 4.02. The third kappa shape index (κ3) is 12.2. The van der Waals surface area contributed by atoms with Crippen molar-refractivity contribution in [2.75, 3.05) is 53.9 Å². The lowest BCUT2D eigenvalue weighted by Gasteiger charge is -2.11. The van der Waals surface area contributed by atoms with Gasteiger partial charge >= 0.3 is 0 Å². The summed E-state index contributed by atoms with van der Waals surface area (Å²) in [5.41, 5.74) is 0. The lowest BCUT2D eigenvalue weighted by molar-refractivity contribution is 0.000450. The zero-order chi connectivity index (χ0) is 13.6. The molecule has 0 heterocycles. The Morgan fingerprint density at radius 1 is 0.722 bits per heavy atom. The van der Waals surface area contributed by atoms with Gasteiger partial charge in [-0.1, -0.05) is 0 Å². The Kier molecular flexibility index (Phi) is 13.0. The van der Waals surface area contributed by atoms with E-state index in [0.717, 1.165) is 0 Å². The number of aliphatic hydroxyl groups excluding tert-OH is 2. The zero-order valence-electron chi connectivity index (χ0n) is 11.3. The van der Waals surface area contributed by atoms with E-state index in [1.165, 1.54) is 0 Å². The minimum absolute atomic E-state index is 0.331. The molecule has 2 atom stereocenters. The standard InChI is InChI=1S/C12H26O6/c1-15-9-11(13)3-5-17-7-8-18-6-4-12(14)10-16-2/h11-14H,3-10H2,1-2H3. The first-order chi connectivity index (χ1) is 8.70. The van der Waals surface area contributed by atoms with Gasteiger partial charge in [-0.15, -0.1) is 0 Å². The van der Waals surface area contributed by atoms with E-state index in [1.54, 1.807) is 14.2 Å². The maximum Gasteiger partial charge on any atom is 0.0795 e. The van der Waals surface area contributed by atoms with Crippen LogP contribution in [0.2, 0.25) is 0 Å². The maximum atomic E-state index is 9.33. The fourth-order valence-corrected chi connectivity index (χ4v) is 1.31. The van der Waals surface area contributed by atoms with Gasteiger partial charge in [0.05, 0.1) is 38.6 Å². The van der Waals surface area contributed by atoms with Crippen LogP contribution in [0.4, 0.5) is 0 Å². The highest BCUT2D eigenvalue weighted by Crippen LogP contribution is 1.95. The van der Waals surface area contributed by atoms with Gasteiger partial charge in [-0.3, -0.25) is 0 Å². The summed E-state index contributed by atoms with van der Waals surface area (Å²) in [6.07, 6.45) is 0.168. The lowest BCUT2D eigenvalue weighted by atomic mass is 10.3. The van der Waals surface area contributed by atoms with Crippen molar-refractivity contribution < 1.29 is 29.2 Å². The van der Waals surface area contributed by atoms with Crippen molar-refractivity contribution in [2.24, 2.45) is 0 Å². The molecule has 0 aliphatic carbocycles. The lowest BCUT2D eigenvalue weighted by Crippen LogP contribution is -2.18. The van der Waals surface area contributed by atoms with Crippen molar-refractivity contribution in [3.05, 3.63) is 0 Å². The first-order valence-electron chi connectivity index (χ1n) is 6.20. The molecule has 0 fully saturated rings. The molecule has 6 heteroatoms. The van der Waals surface area contributed by atoms with Crippen LogP contribution < -0.4 is 0 Å². The van der Waals surface area contributed by atoms with Crippen molar-refractivity contribution in [3.63, 3.8) is 0 Å². The number of ether oxygens (including phenoxy) is 4. The Morgan fingerprint density at radius 2 is 1.11 bits per heavy atom. The van der Waals surface area contributed by atoms with E-state index in [2.05, 4.69) is 0 Å². The topological polar surface area (TPSA) is 77.4 Å². The Labute approximate surface area is 109 Å². The molecule has 0 bridgehead atoms. The highest BCUT2D eigenvalue weighted by Gasteiger charge is 2.03. The van der Waals surface area contributed by atoms with Crippen molar-refractivity contribution >= 4 is 0 Å². The first kappa shape index (κ1) is 17.8. The molecule has 0 rings (SSSR count). The molecule has 0 aromatic carbocycles. The number of methoxy groups -OCH3 is 2. The summed E-state index contributed by atoms with van der Waals surface area (Å²) >= 11 is 0. The molecule has 110 valence electrons. The van der Waals surface area contributed by atoms with Crippen molar-refractivity contribution in [3.8, 4) is 0 Å². The summed E-state index contributed by atoms with van der Waals surface area (Å²) in [6, 6.07) is 0. The molecule has 0 saturated heterocycles. The Hall–Kier alpha value is -0.240. The molecule has 18 heavy (non-hydrogen) atoms. The molecule has 0 radical (unpaired) electrons. The van der Waals surface area contributed by atoms with Crippen LogP contribution in [0, 0.1) is 0 Å². The van der Waals surface area contributed by atoms with Gasteiger partial charge in [-0.05, 0) is 12.8 Å². The predicted molar refractivity (Wildman–Crippen MR) is 66.6 cm³/mol. The second kappa shape index (κ2) is 13.2. The van der Waals surface area contributed by atoms with Gasteiger partial charge in [-0.25, -0.2) is 0 Å². The number of aliphatic hydroxyl groups is 2. The van der Waals surface area contributed by atoms with Gasteiger partial charge < -0.3 is 29.2 Å². The van der Waals surface area contributed by atoms with Crippen LogP contribution >= 0.6 is 0 Å². The summed E-state index contributed by atoms with van der Waals surface area (Å²) in [4.78, 5) is 0. The summed E-state index contributed by atoms with van der Waals surface area (Å²) < 4.78 is 20.1. The first-order valence-corrected chi connectivity index (χ1v) is 6.20. The zero-order valence-corrected chi connectivity index (χ0v) is 11.3. The Morgan fingerprint density at radius 3 is 1.44 bits per heavy atom. The van der Waals surface area contributed by atoms with Crippen LogP contribution in [-0.2, 0) is 18.9 Å². The minimum Gasteiger partial charge on any atom is -0.391 e. The van der Waals surface area contributed by atoms with Crippen LogP contribution in [0.1, 0.15) is 12.8 Å². The molecule has 0 aromatic heterocycles. The highest BCUT2D eigenvalue weighted by molar-refractivity contribution is 4.53. The molecule has 0 amide bonds. The smallest absolute Gasteiger partial charge is 0.0795 e. The molecular weight excluding hydrogens is 240 g/mol. The average Bonchev–Trinajstić information content (AvgIpc) is 2.33. The number of hydrogen-bond acceptors (Lipinski definition) is 6. The molecular formula is C12H26O6. The van der Waals surface area contributed by atoms with E-state index in [9.17, 15) is 10.2 Å². The van der Waals surface area contributed by atoms with Gasteiger partial charge in [-0.2, -0.15) is 0 Å². The van der Waals surface area contributed by atoms with Crippen molar-refractivity contribution in [1.82, 2.24) is 0 Å².